The Balaban J connectivity index is 2.08. The highest BCUT2D eigenvalue weighted by molar-refractivity contribution is 9.10. The van der Waals surface area contributed by atoms with Crippen LogP contribution >= 0.6 is 15.9 Å². The number of hydrazone groups is 1. The van der Waals surface area contributed by atoms with E-state index in [-0.39, 0.29) is 5.56 Å². The highest BCUT2D eigenvalue weighted by Crippen LogP contribution is 2.27. The lowest BCUT2D eigenvalue weighted by Crippen LogP contribution is -2.17. The second-order valence-corrected chi connectivity index (χ2v) is 5.35. The van der Waals surface area contributed by atoms with E-state index in [1.165, 1.54) is 32.6 Å². The SMILES string of the molecule is COc1ccc(C(=O)N/N=C\c2ccc(Br)cc2F)cc1OC. The maximum Gasteiger partial charge on any atom is 0.271 e. The molecule has 0 atom stereocenters. The van der Waals surface area contributed by atoms with Crippen molar-refractivity contribution >= 4 is 28.1 Å². The molecule has 0 aliphatic carbocycles. The molecule has 2 aromatic rings. The van der Waals surface area contributed by atoms with Crippen molar-refractivity contribution in [3.05, 3.63) is 57.8 Å². The molecule has 0 saturated carbocycles. The van der Waals surface area contributed by atoms with E-state index in [0.29, 0.717) is 21.5 Å². The second-order valence-electron chi connectivity index (χ2n) is 4.43. The highest BCUT2D eigenvalue weighted by Gasteiger charge is 2.10. The fourth-order valence-electron chi connectivity index (χ4n) is 1.81. The molecule has 5 nitrogen and oxygen atoms in total. The third-order valence-corrected chi connectivity index (χ3v) is 3.47. The molecule has 7 heteroatoms. The first-order valence-corrected chi connectivity index (χ1v) is 7.35. The first-order chi connectivity index (χ1) is 11.0. The fourth-order valence-corrected chi connectivity index (χ4v) is 2.14. The van der Waals surface area contributed by atoms with Crippen LogP contribution in [-0.4, -0.2) is 26.3 Å². The number of carbonyl (C=O) groups excluding carboxylic acids is 1. The summed E-state index contributed by atoms with van der Waals surface area (Å²) < 4.78 is 24.5. The summed E-state index contributed by atoms with van der Waals surface area (Å²) in [4.78, 5) is 12.0. The number of benzene rings is 2. The number of ether oxygens (including phenoxy) is 2. The second kappa shape index (κ2) is 7.73. The van der Waals surface area contributed by atoms with Gasteiger partial charge in [0.05, 0.1) is 20.4 Å². The molecule has 0 fully saturated rings. The number of halogens is 2. The zero-order valence-electron chi connectivity index (χ0n) is 12.5. The van der Waals surface area contributed by atoms with Crippen molar-refractivity contribution in [2.24, 2.45) is 5.10 Å². The Morgan fingerprint density at radius 2 is 1.91 bits per heavy atom. The molecule has 0 aromatic heterocycles. The predicted molar refractivity (Wildman–Crippen MR) is 88.7 cm³/mol. The molecular weight excluding hydrogens is 367 g/mol. The fraction of sp³-hybridized carbons (Fsp3) is 0.125. The van der Waals surface area contributed by atoms with Gasteiger partial charge in [0.15, 0.2) is 11.5 Å². The van der Waals surface area contributed by atoms with E-state index in [2.05, 4.69) is 26.5 Å². The first-order valence-electron chi connectivity index (χ1n) is 6.55. The molecule has 0 unspecified atom stereocenters. The molecule has 0 heterocycles. The summed E-state index contributed by atoms with van der Waals surface area (Å²) in [6.45, 7) is 0. The minimum absolute atomic E-state index is 0.265. The Bertz CT molecular complexity index is 750. The van der Waals surface area contributed by atoms with Gasteiger partial charge < -0.3 is 9.47 Å². The summed E-state index contributed by atoms with van der Waals surface area (Å²) in [5, 5.41) is 3.75. The van der Waals surface area contributed by atoms with Gasteiger partial charge in [0.1, 0.15) is 5.82 Å². The van der Waals surface area contributed by atoms with Gasteiger partial charge in [-0.05, 0) is 36.4 Å². The Labute approximate surface area is 141 Å². The molecule has 0 saturated heterocycles. The van der Waals surface area contributed by atoms with E-state index in [0.717, 1.165) is 0 Å². The summed E-state index contributed by atoms with van der Waals surface area (Å²) in [6.07, 6.45) is 1.24. The summed E-state index contributed by atoms with van der Waals surface area (Å²) in [7, 11) is 2.99. The summed E-state index contributed by atoms with van der Waals surface area (Å²) >= 11 is 3.17. The Kier molecular flexibility index (Phi) is 5.70. The quantitative estimate of drug-likeness (QED) is 0.638. The van der Waals surface area contributed by atoms with Crippen LogP contribution in [-0.2, 0) is 0 Å². The number of rotatable bonds is 5. The molecule has 120 valence electrons. The molecule has 0 aliphatic rings. The molecule has 0 spiro atoms. The van der Waals surface area contributed by atoms with Gasteiger partial charge in [-0.25, -0.2) is 9.82 Å². The van der Waals surface area contributed by atoms with E-state index >= 15 is 0 Å². The molecule has 0 radical (unpaired) electrons. The maximum absolute atomic E-state index is 13.6. The third-order valence-electron chi connectivity index (χ3n) is 2.98. The normalized spacial score (nSPS) is 10.6. The zero-order valence-corrected chi connectivity index (χ0v) is 14.1. The highest BCUT2D eigenvalue weighted by atomic mass is 79.9. The number of nitrogens with zero attached hydrogens (tertiary/aromatic N) is 1. The third kappa shape index (κ3) is 4.29. The molecule has 0 aliphatic heterocycles. The van der Waals surface area contributed by atoms with Gasteiger partial charge in [0, 0.05) is 15.6 Å². The molecule has 2 aromatic carbocycles. The van der Waals surface area contributed by atoms with E-state index in [4.69, 9.17) is 9.47 Å². The lowest BCUT2D eigenvalue weighted by atomic mass is 10.2. The predicted octanol–water partition coefficient (Wildman–Crippen LogP) is 3.37. The topological polar surface area (TPSA) is 59.9 Å². The van der Waals surface area contributed by atoms with Gasteiger partial charge in [-0.2, -0.15) is 5.10 Å². The molecule has 0 bridgehead atoms. The van der Waals surface area contributed by atoms with Gasteiger partial charge in [-0.15, -0.1) is 0 Å². The van der Waals surface area contributed by atoms with E-state index < -0.39 is 11.7 Å². The number of hydrogen-bond donors (Lipinski definition) is 1. The van der Waals surface area contributed by atoms with Crippen molar-refractivity contribution in [3.8, 4) is 11.5 Å². The van der Waals surface area contributed by atoms with Crippen LogP contribution in [0.4, 0.5) is 4.39 Å². The summed E-state index contributed by atoms with van der Waals surface area (Å²) in [5.74, 6) is 0.0655. The van der Waals surface area contributed by atoms with Crippen LogP contribution in [0.2, 0.25) is 0 Å². The van der Waals surface area contributed by atoms with Gasteiger partial charge in [0.25, 0.3) is 5.91 Å². The van der Waals surface area contributed by atoms with Crippen molar-refractivity contribution < 1.29 is 18.7 Å². The van der Waals surface area contributed by atoms with E-state index in [9.17, 15) is 9.18 Å². The van der Waals surface area contributed by atoms with Gasteiger partial charge in [0.2, 0.25) is 0 Å². The van der Waals surface area contributed by atoms with Crippen LogP contribution in [0.15, 0.2) is 46.0 Å². The lowest BCUT2D eigenvalue weighted by molar-refractivity contribution is 0.0954. The number of hydrogen-bond acceptors (Lipinski definition) is 4. The smallest absolute Gasteiger partial charge is 0.271 e. The largest absolute Gasteiger partial charge is 0.493 e. The number of nitrogens with one attached hydrogen (secondary N) is 1. The van der Waals surface area contributed by atoms with Crippen LogP contribution in [0.25, 0.3) is 0 Å². The van der Waals surface area contributed by atoms with Crippen molar-refractivity contribution in [1.29, 1.82) is 0 Å². The van der Waals surface area contributed by atoms with E-state index in [1.54, 1.807) is 24.3 Å². The average molecular weight is 381 g/mol. The van der Waals surface area contributed by atoms with Crippen molar-refractivity contribution in [1.82, 2.24) is 5.43 Å². The monoisotopic (exact) mass is 380 g/mol. The molecule has 1 amide bonds. The van der Waals surface area contributed by atoms with Gasteiger partial charge >= 0.3 is 0 Å². The summed E-state index contributed by atoms with van der Waals surface area (Å²) in [5.41, 5.74) is 2.94. The van der Waals surface area contributed by atoms with Crippen molar-refractivity contribution in [2.75, 3.05) is 14.2 Å². The van der Waals surface area contributed by atoms with Crippen LogP contribution in [0, 0.1) is 5.82 Å². The lowest BCUT2D eigenvalue weighted by Gasteiger charge is -2.08. The number of amides is 1. The zero-order chi connectivity index (χ0) is 16.8. The van der Waals surface area contributed by atoms with Gasteiger partial charge in [-0.3, -0.25) is 4.79 Å². The van der Waals surface area contributed by atoms with Gasteiger partial charge in [-0.1, -0.05) is 15.9 Å². The average Bonchev–Trinajstić information content (AvgIpc) is 2.56. The van der Waals surface area contributed by atoms with Crippen molar-refractivity contribution in [2.45, 2.75) is 0 Å². The van der Waals surface area contributed by atoms with Crippen molar-refractivity contribution in [3.63, 3.8) is 0 Å². The van der Waals surface area contributed by atoms with Crippen LogP contribution in [0.1, 0.15) is 15.9 Å². The molecular formula is C16H14BrFN2O3. The maximum atomic E-state index is 13.6. The molecule has 23 heavy (non-hydrogen) atoms. The van der Waals surface area contributed by atoms with E-state index in [1.807, 2.05) is 0 Å². The Morgan fingerprint density at radius 1 is 1.17 bits per heavy atom. The molecule has 2 rings (SSSR count). The molecule has 1 N–H and O–H groups in total. The standard InChI is InChI=1S/C16H14BrFN2O3/c1-22-14-6-4-10(7-15(14)23-2)16(21)20-19-9-11-3-5-12(17)8-13(11)18/h3-9H,1-2H3,(H,20,21)/b19-9-. The number of methoxy groups -OCH3 is 2. The summed E-state index contributed by atoms with van der Waals surface area (Å²) in [6, 6.07) is 9.27. The minimum atomic E-state index is -0.445. The van der Waals surface area contributed by atoms with Crippen LogP contribution in [0.5, 0.6) is 11.5 Å². The van der Waals surface area contributed by atoms with Crippen LogP contribution in [0.3, 0.4) is 0 Å². The Morgan fingerprint density at radius 3 is 2.57 bits per heavy atom. The first kappa shape index (κ1) is 17.0. The minimum Gasteiger partial charge on any atom is -0.493 e. The van der Waals surface area contributed by atoms with Crippen LogP contribution < -0.4 is 14.9 Å². The Hall–Kier alpha value is -2.41. The number of carbonyl (C=O) groups is 1.